The normalized spacial score (nSPS) is 20.7. The minimum absolute atomic E-state index is 0.280. The quantitative estimate of drug-likeness (QED) is 0.483. The van der Waals surface area contributed by atoms with Crippen LogP contribution >= 0.6 is 0 Å². The molecule has 0 aliphatic carbocycles. The monoisotopic (exact) mass is 493 g/mol. The van der Waals surface area contributed by atoms with Gasteiger partial charge < -0.3 is 14.6 Å². The van der Waals surface area contributed by atoms with Crippen molar-refractivity contribution < 1.29 is 32.5 Å². The lowest BCUT2D eigenvalue weighted by Gasteiger charge is -2.44. The van der Waals surface area contributed by atoms with Crippen LogP contribution in [0.4, 0.5) is 18.0 Å². The van der Waals surface area contributed by atoms with E-state index in [1.807, 2.05) is 30.3 Å². The van der Waals surface area contributed by atoms with Gasteiger partial charge in [-0.3, -0.25) is 4.90 Å². The molecule has 192 valence electrons. The molecule has 8 heteroatoms. The number of hydrogen-bond acceptors (Lipinski definition) is 4. The molecule has 0 aromatic heterocycles. The predicted octanol–water partition coefficient (Wildman–Crippen LogP) is 6.75. The third-order valence-electron chi connectivity index (χ3n) is 6.07. The fourth-order valence-electron chi connectivity index (χ4n) is 4.47. The van der Waals surface area contributed by atoms with Crippen molar-refractivity contribution >= 4 is 6.09 Å². The van der Waals surface area contributed by atoms with Gasteiger partial charge in [-0.25, -0.2) is 4.79 Å². The number of rotatable bonds is 6. The zero-order chi connectivity index (χ0) is 25.8. The van der Waals surface area contributed by atoms with Crippen molar-refractivity contribution in [2.24, 2.45) is 0 Å². The van der Waals surface area contributed by atoms with E-state index in [0.29, 0.717) is 25.0 Å². The van der Waals surface area contributed by atoms with Gasteiger partial charge in [0.05, 0.1) is 17.7 Å². The first-order valence-electron chi connectivity index (χ1n) is 11.9. The highest BCUT2D eigenvalue weighted by molar-refractivity contribution is 5.69. The second kappa shape index (κ2) is 10.9. The number of halogens is 3. The Kier molecular flexibility index (Phi) is 8.36. The standard InChI is InChI=1S/C27H34F3NO4/c1-18(32)23-12-8-11-21(31(23)25(33)35-26(2,3)4)17-24(19-9-6-5-7-10-19)34-22-15-13-20(14-16-22)27(28,29)30/h5-7,9-10,13-16,18,21,23-24,32H,8,11-12,17H2,1-4H3. The van der Waals surface area contributed by atoms with Crippen molar-refractivity contribution in [1.29, 1.82) is 0 Å². The molecule has 1 aliphatic rings. The van der Waals surface area contributed by atoms with E-state index in [9.17, 15) is 23.1 Å². The summed E-state index contributed by atoms with van der Waals surface area (Å²) in [5.41, 5.74) is -0.599. The molecule has 3 rings (SSSR count). The van der Waals surface area contributed by atoms with Crippen LogP contribution in [-0.4, -0.2) is 39.9 Å². The van der Waals surface area contributed by atoms with Crippen LogP contribution in [0.5, 0.6) is 5.75 Å². The van der Waals surface area contributed by atoms with Crippen molar-refractivity contribution in [2.75, 3.05) is 0 Å². The van der Waals surface area contributed by atoms with Crippen molar-refractivity contribution in [3.8, 4) is 5.75 Å². The number of ether oxygens (including phenoxy) is 2. The summed E-state index contributed by atoms with van der Waals surface area (Å²) >= 11 is 0. The van der Waals surface area contributed by atoms with Crippen LogP contribution in [0, 0.1) is 0 Å². The summed E-state index contributed by atoms with van der Waals surface area (Å²) in [6, 6.07) is 13.3. The number of hydrogen-bond donors (Lipinski definition) is 1. The minimum atomic E-state index is -4.43. The molecule has 0 bridgehead atoms. The Labute approximate surface area is 204 Å². The zero-order valence-electron chi connectivity index (χ0n) is 20.6. The molecule has 35 heavy (non-hydrogen) atoms. The largest absolute Gasteiger partial charge is 0.486 e. The average molecular weight is 494 g/mol. The molecular formula is C27H34F3NO4. The molecule has 4 atom stereocenters. The summed E-state index contributed by atoms with van der Waals surface area (Å²) in [4.78, 5) is 14.8. The third kappa shape index (κ3) is 7.37. The van der Waals surface area contributed by atoms with Crippen molar-refractivity contribution in [3.63, 3.8) is 0 Å². The molecule has 1 amide bonds. The van der Waals surface area contributed by atoms with Gasteiger partial charge in [0.15, 0.2) is 0 Å². The van der Waals surface area contributed by atoms with Gasteiger partial charge in [-0.2, -0.15) is 13.2 Å². The molecule has 1 fully saturated rings. The fraction of sp³-hybridized carbons (Fsp3) is 0.519. The van der Waals surface area contributed by atoms with Gasteiger partial charge in [-0.1, -0.05) is 30.3 Å². The van der Waals surface area contributed by atoms with Crippen molar-refractivity contribution in [1.82, 2.24) is 4.90 Å². The number of benzene rings is 2. The summed E-state index contributed by atoms with van der Waals surface area (Å²) in [6.07, 6.45) is -3.61. The first-order chi connectivity index (χ1) is 16.3. The second-order valence-electron chi connectivity index (χ2n) is 10.1. The molecule has 1 aliphatic heterocycles. The van der Waals surface area contributed by atoms with Crippen LogP contribution < -0.4 is 4.74 Å². The maximum Gasteiger partial charge on any atom is 0.416 e. The highest BCUT2D eigenvalue weighted by Gasteiger charge is 2.40. The zero-order valence-corrected chi connectivity index (χ0v) is 20.6. The summed E-state index contributed by atoms with van der Waals surface area (Å²) in [7, 11) is 0. The summed E-state index contributed by atoms with van der Waals surface area (Å²) in [6.45, 7) is 7.04. The Balaban J connectivity index is 1.89. The molecule has 1 saturated heterocycles. The van der Waals surface area contributed by atoms with Gasteiger partial charge in [0.1, 0.15) is 17.5 Å². The molecule has 1 heterocycles. The van der Waals surface area contributed by atoms with Crippen molar-refractivity contribution in [3.05, 3.63) is 65.7 Å². The minimum Gasteiger partial charge on any atom is -0.486 e. The molecule has 2 aromatic rings. The smallest absolute Gasteiger partial charge is 0.416 e. The Morgan fingerprint density at radius 3 is 2.23 bits per heavy atom. The van der Waals surface area contributed by atoms with E-state index in [1.54, 1.807) is 32.6 Å². The lowest BCUT2D eigenvalue weighted by molar-refractivity contribution is -0.137. The lowest BCUT2D eigenvalue weighted by Crippen LogP contribution is -2.55. The third-order valence-corrected chi connectivity index (χ3v) is 6.07. The number of carbonyl (C=O) groups excluding carboxylic acids is 1. The molecule has 4 unspecified atom stereocenters. The van der Waals surface area contributed by atoms with Crippen LogP contribution in [0.3, 0.4) is 0 Å². The maximum atomic E-state index is 13.2. The van der Waals surface area contributed by atoms with E-state index < -0.39 is 41.7 Å². The summed E-state index contributed by atoms with van der Waals surface area (Å²) < 4.78 is 50.8. The number of likely N-dealkylation sites (tertiary alicyclic amines) is 1. The number of aliphatic hydroxyl groups excluding tert-OH is 1. The second-order valence-corrected chi connectivity index (χ2v) is 10.1. The van der Waals surface area contributed by atoms with Gasteiger partial charge in [0, 0.05) is 12.5 Å². The highest BCUT2D eigenvalue weighted by Crippen LogP contribution is 2.36. The van der Waals surface area contributed by atoms with Gasteiger partial charge >= 0.3 is 12.3 Å². The first-order valence-corrected chi connectivity index (χ1v) is 11.9. The topological polar surface area (TPSA) is 59.0 Å². The van der Waals surface area contributed by atoms with Crippen LogP contribution in [0.2, 0.25) is 0 Å². The Morgan fingerprint density at radius 2 is 1.69 bits per heavy atom. The van der Waals surface area contributed by atoms with Gasteiger partial charge in [-0.15, -0.1) is 0 Å². The molecule has 5 nitrogen and oxygen atoms in total. The SMILES string of the molecule is CC(O)C1CCCC(CC(Oc2ccc(C(F)(F)F)cc2)c2ccccc2)N1C(=O)OC(C)(C)C. The molecule has 0 saturated carbocycles. The summed E-state index contributed by atoms with van der Waals surface area (Å²) in [5.74, 6) is 0.304. The Morgan fingerprint density at radius 1 is 1.06 bits per heavy atom. The number of nitrogens with zero attached hydrogens (tertiary/aromatic N) is 1. The van der Waals surface area contributed by atoms with E-state index in [-0.39, 0.29) is 6.04 Å². The average Bonchev–Trinajstić information content (AvgIpc) is 2.77. The van der Waals surface area contributed by atoms with Crippen LogP contribution in [-0.2, 0) is 10.9 Å². The van der Waals surface area contributed by atoms with E-state index >= 15 is 0 Å². The number of carbonyl (C=O) groups is 1. The van der Waals surface area contributed by atoms with Crippen LogP contribution in [0.15, 0.2) is 54.6 Å². The van der Waals surface area contributed by atoms with Crippen molar-refractivity contribution in [2.45, 2.75) is 89.4 Å². The highest BCUT2D eigenvalue weighted by atomic mass is 19.4. The van der Waals surface area contributed by atoms with E-state index in [1.165, 1.54) is 12.1 Å². The molecule has 2 aromatic carbocycles. The van der Waals surface area contributed by atoms with Gasteiger partial charge in [-0.05, 0) is 76.8 Å². The maximum absolute atomic E-state index is 13.2. The Bertz CT molecular complexity index is 955. The molecule has 0 spiro atoms. The van der Waals surface area contributed by atoms with Crippen LogP contribution in [0.25, 0.3) is 0 Å². The number of aliphatic hydroxyl groups is 1. The lowest BCUT2D eigenvalue weighted by atomic mass is 9.88. The summed E-state index contributed by atoms with van der Waals surface area (Å²) in [5, 5.41) is 10.4. The molecule has 1 N–H and O–H groups in total. The molecule has 0 radical (unpaired) electrons. The van der Waals surface area contributed by atoms with Crippen LogP contribution in [0.1, 0.15) is 70.6 Å². The van der Waals surface area contributed by atoms with E-state index in [4.69, 9.17) is 9.47 Å². The predicted molar refractivity (Wildman–Crippen MR) is 127 cm³/mol. The van der Waals surface area contributed by atoms with Gasteiger partial charge in [0.2, 0.25) is 0 Å². The number of amides is 1. The number of alkyl halides is 3. The number of piperidine rings is 1. The van der Waals surface area contributed by atoms with E-state index in [2.05, 4.69) is 0 Å². The Hall–Kier alpha value is -2.74. The van der Waals surface area contributed by atoms with Gasteiger partial charge in [0.25, 0.3) is 0 Å². The first kappa shape index (κ1) is 26.9. The fourth-order valence-corrected chi connectivity index (χ4v) is 4.47. The van der Waals surface area contributed by atoms with E-state index in [0.717, 1.165) is 24.1 Å². The molecular weight excluding hydrogens is 459 g/mol.